The number of nitrogens with one attached hydrogen (secondary N) is 1. The van der Waals surface area contributed by atoms with Crippen LogP contribution in [0, 0.1) is 0 Å². The van der Waals surface area contributed by atoms with Crippen LogP contribution >= 0.6 is 0 Å². The minimum Gasteiger partial charge on any atom is -0.504 e. The van der Waals surface area contributed by atoms with Crippen LogP contribution in [0.15, 0.2) is 65.8 Å². The van der Waals surface area contributed by atoms with Crippen LogP contribution in [-0.4, -0.2) is 22.3 Å². The molecule has 5 heteroatoms. The van der Waals surface area contributed by atoms with Crippen molar-refractivity contribution in [3.05, 3.63) is 71.8 Å². The van der Waals surface area contributed by atoms with Gasteiger partial charge in [-0.05, 0) is 40.6 Å². The number of rotatable bonds is 3. The molecule has 1 amide bonds. The number of fused-ring (bicyclic) bond motifs is 1. The van der Waals surface area contributed by atoms with Crippen molar-refractivity contribution in [3.8, 4) is 11.5 Å². The van der Waals surface area contributed by atoms with Gasteiger partial charge in [-0.25, -0.2) is 5.43 Å². The summed E-state index contributed by atoms with van der Waals surface area (Å²) in [5.41, 5.74) is 3.55. The van der Waals surface area contributed by atoms with Crippen molar-refractivity contribution in [2.75, 3.05) is 0 Å². The van der Waals surface area contributed by atoms with Crippen molar-refractivity contribution < 1.29 is 15.0 Å². The zero-order valence-electron chi connectivity index (χ0n) is 12.1. The average Bonchev–Trinajstić information content (AvgIpc) is 2.57. The van der Waals surface area contributed by atoms with Gasteiger partial charge < -0.3 is 10.2 Å². The van der Waals surface area contributed by atoms with Gasteiger partial charge >= 0.3 is 0 Å². The number of hydrogen-bond acceptors (Lipinski definition) is 4. The van der Waals surface area contributed by atoms with E-state index >= 15 is 0 Å². The summed E-state index contributed by atoms with van der Waals surface area (Å²) in [5.74, 6) is -0.766. The van der Waals surface area contributed by atoms with Gasteiger partial charge in [-0.2, -0.15) is 5.10 Å². The number of carbonyl (C=O) groups is 1. The summed E-state index contributed by atoms with van der Waals surface area (Å²) in [6.45, 7) is 0. The van der Waals surface area contributed by atoms with Crippen molar-refractivity contribution >= 4 is 22.9 Å². The van der Waals surface area contributed by atoms with Crippen molar-refractivity contribution in [1.29, 1.82) is 0 Å². The first-order chi connectivity index (χ1) is 11.1. The third-order valence-electron chi connectivity index (χ3n) is 3.41. The van der Waals surface area contributed by atoms with Crippen LogP contribution in [0.1, 0.15) is 15.9 Å². The predicted molar refractivity (Wildman–Crippen MR) is 88.8 cm³/mol. The number of amides is 1. The molecule has 0 aliphatic rings. The lowest BCUT2D eigenvalue weighted by Crippen LogP contribution is -2.17. The van der Waals surface area contributed by atoms with E-state index in [2.05, 4.69) is 10.5 Å². The molecule has 0 saturated carbocycles. The van der Waals surface area contributed by atoms with Crippen LogP contribution in [0.2, 0.25) is 0 Å². The number of phenolic OH excluding ortho intramolecular Hbond substituents is 2. The Balaban J connectivity index is 1.78. The number of hydrogen-bond donors (Lipinski definition) is 3. The molecule has 0 aliphatic heterocycles. The summed E-state index contributed by atoms with van der Waals surface area (Å²) in [6, 6.07) is 17.4. The second-order valence-electron chi connectivity index (χ2n) is 4.97. The van der Waals surface area contributed by atoms with E-state index < -0.39 is 0 Å². The fourth-order valence-electron chi connectivity index (χ4n) is 2.27. The lowest BCUT2D eigenvalue weighted by atomic mass is 10.0. The molecule has 0 aromatic heterocycles. The lowest BCUT2D eigenvalue weighted by molar-refractivity contribution is 0.0957. The second kappa shape index (κ2) is 6.19. The number of carbonyl (C=O) groups excluding carboxylic acids is 1. The summed E-state index contributed by atoms with van der Waals surface area (Å²) in [4.78, 5) is 12.3. The maximum absolute atomic E-state index is 12.3. The Labute approximate surface area is 132 Å². The standard InChI is InChI=1S/C18H14N2O3/c21-16-9-8-12(10-17(16)22)11-19-20-18(23)15-7-3-5-13-4-1-2-6-14(13)15/h1-11,21-22H,(H,20,23)/b19-11+. The molecule has 0 spiro atoms. The van der Waals surface area contributed by atoms with E-state index in [1.165, 1.54) is 18.3 Å². The quantitative estimate of drug-likeness (QED) is 0.395. The number of nitrogens with zero attached hydrogens (tertiary/aromatic N) is 1. The zero-order valence-corrected chi connectivity index (χ0v) is 12.1. The first-order valence-electron chi connectivity index (χ1n) is 6.98. The number of benzene rings is 3. The highest BCUT2D eigenvalue weighted by Gasteiger charge is 2.08. The smallest absolute Gasteiger partial charge is 0.271 e. The Bertz CT molecular complexity index is 898. The van der Waals surface area contributed by atoms with Crippen LogP contribution in [0.4, 0.5) is 0 Å². The SMILES string of the molecule is O=C(N/N=C/c1ccc(O)c(O)c1)c1cccc2ccccc12. The van der Waals surface area contributed by atoms with Gasteiger partial charge in [-0.1, -0.05) is 36.4 Å². The molecule has 0 unspecified atom stereocenters. The van der Waals surface area contributed by atoms with Gasteiger partial charge in [0, 0.05) is 5.56 Å². The van der Waals surface area contributed by atoms with Crippen LogP contribution in [0.3, 0.4) is 0 Å². The molecular weight excluding hydrogens is 292 g/mol. The molecule has 3 rings (SSSR count). The highest BCUT2D eigenvalue weighted by atomic mass is 16.3. The maximum atomic E-state index is 12.3. The van der Waals surface area contributed by atoms with Gasteiger partial charge in [-0.3, -0.25) is 4.79 Å². The van der Waals surface area contributed by atoms with Gasteiger partial charge in [0.1, 0.15) is 0 Å². The summed E-state index contributed by atoms with van der Waals surface area (Å²) < 4.78 is 0. The molecule has 0 aliphatic carbocycles. The fraction of sp³-hybridized carbons (Fsp3) is 0. The lowest BCUT2D eigenvalue weighted by Gasteiger charge is -2.04. The Kier molecular flexibility index (Phi) is 3.93. The van der Waals surface area contributed by atoms with Gasteiger partial charge in [0.15, 0.2) is 11.5 Å². The Morgan fingerprint density at radius 1 is 0.957 bits per heavy atom. The molecule has 5 nitrogen and oxygen atoms in total. The van der Waals surface area contributed by atoms with Gasteiger partial charge in [-0.15, -0.1) is 0 Å². The summed E-state index contributed by atoms with van der Waals surface area (Å²) in [5, 5.41) is 24.4. The van der Waals surface area contributed by atoms with Crippen molar-refractivity contribution in [3.63, 3.8) is 0 Å². The van der Waals surface area contributed by atoms with E-state index in [0.29, 0.717) is 11.1 Å². The highest BCUT2D eigenvalue weighted by molar-refractivity contribution is 6.07. The molecule has 3 aromatic rings. The van der Waals surface area contributed by atoms with E-state index in [4.69, 9.17) is 0 Å². The average molecular weight is 306 g/mol. The van der Waals surface area contributed by atoms with Crippen molar-refractivity contribution in [2.24, 2.45) is 5.10 Å². The number of phenols is 2. The van der Waals surface area contributed by atoms with Gasteiger partial charge in [0.25, 0.3) is 5.91 Å². The highest BCUT2D eigenvalue weighted by Crippen LogP contribution is 2.24. The maximum Gasteiger partial charge on any atom is 0.271 e. The van der Waals surface area contributed by atoms with Crippen LogP contribution in [-0.2, 0) is 0 Å². The second-order valence-corrected chi connectivity index (χ2v) is 4.97. The predicted octanol–water partition coefficient (Wildman–Crippen LogP) is 3.01. The van der Waals surface area contributed by atoms with Crippen LogP contribution < -0.4 is 5.43 Å². The van der Waals surface area contributed by atoms with Crippen LogP contribution in [0.5, 0.6) is 11.5 Å². The molecule has 23 heavy (non-hydrogen) atoms. The molecule has 0 atom stereocenters. The number of aromatic hydroxyl groups is 2. The normalized spacial score (nSPS) is 11.0. The van der Waals surface area contributed by atoms with Gasteiger partial charge in [0.2, 0.25) is 0 Å². The molecular formula is C18H14N2O3. The molecule has 3 N–H and O–H groups in total. The first-order valence-corrected chi connectivity index (χ1v) is 6.98. The van der Waals surface area contributed by atoms with E-state index in [0.717, 1.165) is 10.8 Å². The minimum absolute atomic E-state index is 0.207. The van der Waals surface area contributed by atoms with Crippen molar-refractivity contribution in [1.82, 2.24) is 5.43 Å². The molecule has 0 radical (unpaired) electrons. The van der Waals surface area contributed by atoms with Crippen LogP contribution in [0.25, 0.3) is 10.8 Å². The Morgan fingerprint density at radius 3 is 2.57 bits per heavy atom. The fourth-order valence-corrected chi connectivity index (χ4v) is 2.27. The topological polar surface area (TPSA) is 81.9 Å². The molecule has 3 aromatic carbocycles. The minimum atomic E-state index is -0.318. The summed E-state index contributed by atoms with van der Waals surface area (Å²) in [7, 11) is 0. The number of hydrazone groups is 1. The third kappa shape index (κ3) is 3.13. The summed E-state index contributed by atoms with van der Waals surface area (Å²) in [6.07, 6.45) is 1.39. The third-order valence-corrected chi connectivity index (χ3v) is 3.41. The molecule has 0 bridgehead atoms. The van der Waals surface area contributed by atoms with E-state index in [-0.39, 0.29) is 17.4 Å². The Hall–Kier alpha value is -3.34. The zero-order chi connectivity index (χ0) is 16.2. The van der Waals surface area contributed by atoms with E-state index in [9.17, 15) is 15.0 Å². The largest absolute Gasteiger partial charge is 0.504 e. The van der Waals surface area contributed by atoms with E-state index in [1.54, 1.807) is 12.1 Å². The summed E-state index contributed by atoms with van der Waals surface area (Å²) >= 11 is 0. The monoisotopic (exact) mass is 306 g/mol. The van der Waals surface area contributed by atoms with E-state index in [1.807, 2.05) is 36.4 Å². The molecule has 0 saturated heterocycles. The Morgan fingerprint density at radius 2 is 1.74 bits per heavy atom. The van der Waals surface area contributed by atoms with Gasteiger partial charge in [0.05, 0.1) is 6.21 Å². The molecule has 0 fully saturated rings. The van der Waals surface area contributed by atoms with Crippen molar-refractivity contribution in [2.45, 2.75) is 0 Å². The first kappa shape index (κ1) is 14.6. The molecule has 0 heterocycles. The molecule has 114 valence electrons.